The Kier molecular flexibility index (Phi) is 4.58. The highest BCUT2D eigenvalue weighted by atomic mass is 32.2. The maximum absolute atomic E-state index is 13.4. The monoisotopic (exact) mass is 391 g/mol. The molecule has 0 aliphatic heterocycles. The summed E-state index contributed by atoms with van der Waals surface area (Å²) in [6, 6.07) is 3.71. The summed E-state index contributed by atoms with van der Waals surface area (Å²) in [6.07, 6.45) is 4.47. The van der Waals surface area contributed by atoms with Gasteiger partial charge in [-0.15, -0.1) is 10.2 Å². The second-order valence-corrected chi connectivity index (χ2v) is 8.20. The van der Waals surface area contributed by atoms with Crippen molar-refractivity contribution < 1.29 is 14.1 Å². The molecule has 1 atom stereocenters. The van der Waals surface area contributed by atoms with E-state index in [0.29, 0.717) is 12.0 Å². The Hall–Kier alpha value is -2.49. The third kappa shape index (κ3) is 3.80. The third-order valence-corrected chi connectivity index (χ3v) is 5.66. The van der Waals surface area contributed by atoms with Crippen LogP contribution in [0, 0.1) is 15.9 Å². The van der Waals surface area contributed by atoms with Gasteiger partial charge in [0.25, 0.3) is 0 Å². The van der Waals surface area contributed by atoms with Crippen molar-refractivity contribution in [1.29, 1.82) is 0 Å². The fraction of sp³-hybridized carbons (Fsp3) is 0.471. The molecule has 1 N–H and O–H groups in total. The van der Waals surface area contributed by atoms with E-state index < -0.39 is 21.7 Å². The van der Waals surface area contributed by atoms with Crippen LogP contribution in [-0.2, 0) is 4.79 Å². The highest BCUT2D eigenvalue weighted by Crippen LogP contribution is 2.46. The first-order valence-corrected chi connectivity index (χ1v) is 9.68. The van der Waals surface area contributed by atoms with Crippen LogP contribution in [0.1, 0.15) is 50.4 Å². The molecule has 142 valence electrons. The predicted octanol–water partition coefficient (Wildman–Crippen LogP) is 3.66. The molecule has 2 aromatic rings. The van der Waals surface area contributed by atoms with E-state index in [1.807, 2.05) is 0 Å². The number of aromatic nitrogens is 3. The molecule has 0 saturated heterocycles. The normalized spacial score (nSPS) is 17.6. The molecule has 1 unspecified atom stereocenters. The van der Waals surface area contributed by atoms with Crippen LogP contribution in [-0.4, -0.2) is 30.8 Å². The minimum atomic E-state index is -0.939. The Morgan fingerprint density at radius 2 is 2.11 bits per heavy atom. The zero-order chi connectivity index (χ0) is 19.1. The topological polar surface area (TPSA) is 103 Å². The molecule has 2 aliphatic rings. The molecule has 8 nitrogen and oxygen atoms in total. The van der Waals surface area contributed by atoms with Crippen molar-refractivity contribution in [2.45, 2.75) is 55.0 Å². The number of nitro benzene ring substituents is 1. The second-order valence-electron chi connectivity index (χ2n) is 6.89. The third-order valence-electron chi connectivity index (χ3n) is 4.61. The van der Waals surface area contributed by atoms with E-state index in [9.17, 15) is 19.3 Å². The molecule has 2 aliphatic carbocycles. The molecule has 0 bridgehead atoms. The predicted molar refractivity (Wildman–Crippen MR) is 97.3 cm³/mol. The number of amides is 1. The fourth-order valence-corrected chi connectivity index (χ4v) is 3.78. The number of nitrogens with one attached hydrogen (secondary N) is 1. The molecule has 1 heterocycles. The molecule has 0 radical (unpaired) electrons. The number of carbonyl (C=O) groups excluding carboxylic acids is 1. The highest BCUT2D eigenvalue weighted by Gasteiger charge is 2.37. The first kappa shape index (κ1) is 17.9. The maximum atomic E-state index is 13.4. The SMILES string of the molecule is CC(Sc1nnc(C2CC2)n1C1CC1)C(=O)Nc1ccc(F)c([N+](=O)[O-])c1. The molecule has 1 aromatic heterocycles. The summed E-state index contributed by atoms with van der Waals surface area (Å²) in [7, 11) is 0. The van der Waals surface area contributed by atoms with Crippen molar-refractivity contribution in [2.24, 2.45) is 0 Å². The minimum absolute atomic E-state index is 0.183. The van der Waals surface area contributed by atoms with Crippen LogP contribution in [0.2, 0.25) is 0 Å². The Morgan fingerprint density at radius 1 is 1.37 bits per heavy atom. The van der Waals surface area contributed by atoms with Gasteiger partial charge in [-0.25, -0.2) is 0 Å². The van der Waals surface area contributed by atoms with Gasteiger partial charge >= 0.3 is 5.69 Å². The summed E-state index contributed by atoms with van der Waals surface area (Å²) in [5.41, 5.74) is -0.487. The van der Waals surface area contributed by atoms with Crippen molar-refractivity contribution in [1.82, 2.24) is 14.8 Å². The number of thioether (sulfide) groups is 1. The molecule has 2 saturated carbocycles. The zero-order valence-electron chi connectivity index (χ0n) is 14.6. The van der Waals surface area contributed by atoms with E-state index in [1.165, 1.54) is 17.8 Å². The number of hydrogen-bond acceptors (Lipinski definition) is 6. The summed E-state index contributed by atoms with van der Waals surface area (Å²) >= 11 is 1.31. The number of carbonyl (C=O) groups is 1. The number of rotatable bonds is 7. The smallest absolute Gasteiger partial charge is 0.306 e. The van der Waals surface area contributed by atoms with Gasteiger partial charge in [0.15, 0.2) is 5.16 Å². The molecule has 10 heteroatoms. The lowest BCUT2D eigenvalue weighted by Crippen LogP contribution is -2.23. The van der Waals surface area contributed by atoms with E-state index in [-0.39, 0.29) is 11.6 Å². The van der Waals surface area contributed by atoms with Crippen LogP contribution in [0.4, 0.5) is 15.8 Å². The van der Waals surface area contributed by atoms with Crippen LogP contribution in [0.3, 0.4) is 0 Å². The summed E-state index contributed by atoms with van der Waals surface area (Å²) in [6.45, 7) is 1.74. The van der Waals surface area contributed by atoms with Gasteiger partial charge in [0, 0.05) is 23.7 Å². The Bertz CT molecular complexity index is 910. The number of hydrogen-bond donors (Lipinski definition) is 1. The van der Waals surface area contributed by atoms with Crippen molar-refractivity contribution >= 4 is 29.0 Å². The van der Waals surface area contributed by atoms with Crippen LogP contribution in [0.15, 0.2) is 23.4 Å². The summed E-state index contributed by atoms with van der Waals surface area (Å²) < 4.78 is 15.6. The van der Waals surface area contributed by atoms with Gasteiger partial charge in [-0.05, 0) is 44.7 Å². The van der Waals surface area contributed by atoms with Gasteiger partial charge < -0.3 is 9.88 Å². The van der Waals surface area contributed by atoms with Gasteiger partial charge in [0.2, 0.25) is 11.7 Å². The second kappa shape index (κ2) is 6.91. The highest BCUT2D eigenvalue weighted by molar-refractivity contribution is 8.00. The maximum Gasteiger partial charge on any atom is 0.306 e. The molecule has 4 rings (SSSR count). The largest absolute Gasteiger partial charge is 0.325 e. The number of halogens is 1. The average Bonchev–Trinajstić information content (AvgIpc) is 3.55. The van der Waals surface area contributed by atoms with Crippen molar-refractivity contribution in [2.75, 3.05) is 5.32 Å². The van der Waals surface area contributed by atoms with E-state index in [0.717, 1.165) is 48.8 Å². The molecular weight excluding hydrogens is 373 g/mol. The lowest BCUT2D eigenvalue weighted by Gasteiger charge is -2.13. The summed E-state index contributed by atoms with van der Waals surface area (Å²) in [5.74, 6) is 0.225. The lowest BCUT2D eigenvalue weighted by atomic mass is 10.2. The van der Waals surface area contributed by atoms with E-state index >= 15 is 0 Å². The van der Waals surface area contributed by atoms with Crippen LogP contribution in [0.5, 0.6) is 0 Å². The van der Waals surface area contributed by atoms with Gasteiger partial charge in [-0.1, -0.05) is 11.8 Å². The van der Waals surface area contributed by atoms with Crippen molar-refractivity contribution in [3.63, 3.8) is 0 Å². The van der Waals surface area contributed by atoms with Gasteiger partial charge in [-0.2, -0.15) is 4.39 Å². The van der Waals surface area contributed by atoms with Crippen LogP contribution < -0.4 is 5.32 Å². The number of nitro groups is 1. The summed E-state index contributed by atoms with van der Waals surface area (Å²) in [5, 5.41) is 22.3. The molecular formula is C17H18FN5O3S. The molecule has 0 spiro atoms. The lowest BCUT2D eigenvalue weighted by molar-refractivity contribution is -0.387. The van der Waals surface area contributed by atoms with E-state index in [1.54, 1.807) is 6.92 Å². The van der Waals surface area contributed by atoms with Gasteiger partial charge in [0.05, 0.1) is 10.2 Å². The average molecular weight is 391 g/mol. The Balaban J connectivity index is 1.46. The first-order valence-electron chi connectivity index (χ1n) is 8.80. The number of anilines is 1. The Labute approximate surface area is 158 Å². The molecule has 1 amide bonds. The van der Waals surface area contributed by atoms with E-state index in [4.69, 9.17) is 0 Å². The standard InChI is InChI=1S/C17H18FN5O3S/c1-9(16(24)19-11-4-7-13(18)14(8-11)23(25)26)27-17-21-20-15(10-2-3-10)22(17)12-5-6-12/h4,7-10,12H,2-3,5-6H2,1H3,(H,19,24). The fourth-order valence-electron chi connectivity index (χ4n) is 2.85. The zero-order valence-corrected chi connectivity index (χ0v) is 15.4. The van der Waals surface area contributed by atoms with Crippen molar-refractivity contribution in [3.8, 4) is 0 Å². The van der Waals surface area contributed by atoms with Gasteiger partial charge in [-0.3, -0.25) is 14.9 Å². The molecule has 27 heavy (non-hydrogen) atoms. The minimum Gasteiger partial charge on any atom is -0.325 e. The molecule has 2 fully saturated rings. The quantitative estimate of drug-likeness (QED) is 0.439. The Morgan fingerprint density at radius 3 is 2.74 bits per heavy atom. The summed E-state index contributed by atoms with van der Waals surface area (Å²) in [4.78, 5) is 22.5. The van der Waals surface area contributed by atoms with Crippen LogP contribution in [0.25, 0.3) is 0 Å². The van der Waals surface area contributed by atoms with Crippen molar-refractivity contribution in [3.05, 3.63) is 40.0 Å². The van der Waals surface area contributed by atoms with Crippen LogP contribution >= 0.6 is 11.8 Å². The molecule has 1 aromatic carbocycles. The number of nitrogens with zero attached hydrogens (tertiary/aromatic N) is 4. The number of benzene rings is 1. The van der Waals surface area contributed by atoms with Gasteiger partial charge in [0.1, 0.15) is 5.82 Å². The first-order chi connectivity index (χ1) is 12.9. The van der Waals surface area contributed by atoms with E-state index in [2.05, 4.69) is 20.1 Å².